The Balaban J connectivity index is 1.53. The van der Waals surface area contributed by atoms with E-state index >= 15 is 0 Å². The van der Waals surface area contributed by atoms with Crippen LogP contribution in [0.15, 0.2) is 53.3 Å². The summed E-state index contributed by atoms with van der Waals surface area (Å²) in [4.78, 5) is 9.17. The van der Waals surface area contributed by atoms with Crippen LogP contribution in [0.4, 0.5) is 0 Å². The van der Waals surface area contributed by atoms with Crippen molar-refractivity contribution in [2.24, 2.45) is 0 Å². The highest BCUT2D eigenvalue weighted by atomic mass is 16.5. The molecule has 1 atom stereocenters. The molecule has 0 spiro atoms. The van der Waals surface area contributed by atoms with Crippen LogP contribution in [0.1, 0.15) is 24.0 Å². The van der Waals surface area contributed by atoms with Gasteiger partial charge in [-0.05, 0) is 44.7 Å². The Bertz CT molecular complexity index is 1090. The maximum absolute atomic E-state index is 6.04. The van der Waals surface area contributed by atoms with Gasteiger partial charge in [0.25, 0.3) is 5.89 Å². The minimum atomic E-state index is 0.274. The van der Waals surface area contributed by atoms with Gasteiger partial charge in [0.2, 0.25) is 0 Å². The Labute approximate surface area is 163 Å². The average molecular weight is 377 g/mol. The number of nitrogens with zero attached hydrogens (tertiary/aromatic N) is 4. The number of hydrogen-bond acceptors (Lipinski definition) is 6. The van der Waals surface area contributed by atoms with Gasteiger partial charge >= 0.3 is 0 Å². The van der Waals surface area contributed by atoms with Gasteiger partial charge in [-0.1, -0.05) is 23.4 Å². The minimum absolute atomic E-state index is 0.274. The predicted molar refractivity (Wildman–Crippen MR) is 106 cm³/mol. The summed E-state index contributed by atoms with van der Waals surface area (Å²) >= 11 is 0. The van der Waals surface area contributed by atoms with E-state index in [4.69, 9.17) is 9.26 Å². The van der Waals surface area contributed by atoms with Crippen LogP contribution in [0.5, 0.6) is 5.75 Å². The number of likely N-dealkylation sites (N-methyl/N-ethyl adjacent to an activating group) is 1. The van der Waals surface area contributed by atoms with Crippen molar-refractivity contribution in [3.63, 3.8) is 0 Å². The highest BCUT2D eigenvalue weighted by molar-refractivity contribution is 5.62. The van der Waals surface area contributed by atoms with E-state index in [1.54, 1.807) is 0 Å². The van der Waals surface area contributed by atoms with Crippen LogP contribution in [0, 0.1) is 6.92 Å². The Morgan fingerprint density at radius 2 is 2.04 bits per heavy atom. The summed E-state index contributed by atoms with van der Waals surface area (Å²) in [5.74, 6) is 1.82. The van der Waals surface area contributed by atoms with Crippen molar-refractivity contribution in [3.05, 3.63) is 65.9 Å². The molecule has 28 heavy (non-hydrogen) atoms. The first-order valence-corrected chi connectivity index (χ1v) is 9.29. The number of benzene rings is 1. The molecule has 3 heterocycles. The van der Waals surface area contributed by atoms with Gasteiger partial charge < -0.3 is 19.0 Å². The second kappa shape index (κ2) is 7.82. The molecule has 144 valence electrons. The molecular formula is C21H23N5O2. The summed E-state index contributed by atoms with van der Waals surface area (Å²) in [5, 5.41) is 7.25. The standard InChI is InChI=1S/C21H23N5O2/c1-14-7-6-10-26-12-16(23-20(14)26)13-27-18-9-5-4-8-17(18)21-24-19(25-28-21)11-15(2)22-3/h4-10,12,15,22H,11,13H2,1-3H3. The van der Waals surface area contributed by atoms with E-state index in [1.807, 2.05) is 67.2 Å². The van der Waals surface area contributed by atoms with E-state index in [-0.39, 0.29) is 6.04 Å². The third-order valence-electron chi connectivity index (χ3n) is 4.67. The lowest BCUT2D eigenvalue weighted by atomic mass is 10.2. The van der Waals surface area contributed by atoms with Gasteiger partial charge in [0.15, 0.2) is 5.82 Å². The Morgan fingerprint density at radius 1 is 1.18 bits per heavy atom. The molecule has 4 rings (SSSR count). The molecule has 0 aliphatic rings. The number of hydrogen-bond donors (Lipinski definition) is 1. The quantitative estimate of drug-likeness (QED) is 0.532. The highest BCUT2D eigenvalue weighted by Gasteiger charge is 2.15. The van der Waals surface area contributed by atoms with E-state index < -0.39 is 0 Å². The molecule has 1 N–H and O–H groups in total. The van der Waals surface area contributed by atoms with Crippen LogP contribution in [0.25, 0.3) is 17.1 Å². The first kappa shape index (κ1) is 18.2. The van der Waals surface area contributed by atoms with Crippen LogP contribution in [-0.4, -0.2) is 32.6 Å². The third kappa shape index (κ3) is 3.75. The molecule has 0 fully saturated rings. The van der Waals surface area contributed by atoms with E-state index in [9.17, 15) is 0 Å². The Kier molecular flexibility index (Phi) is 5.08. The zero-order chi connectivity index (χ0) is 19.5. The fourth-order valence-corrected chi connectivity index (χ4v) is 3.02. The largest absolute Gasteiger partial charge is 0.486 e. The number of ether oxygens (including phenoxy) is 1. The van der Waals surface area contributed by atoms with Gasteiger partial charge in [-0.2, -0.15) is 4.98 Å². The molecule has 0 bridgehead atoms. The summed E-state index contributed by atoms with van der Waals surface area (Å²) in [5.41, 5.74) is 3.70. The number of aryl methyl sites for hydroxylation is 1. The van der Waals surface area contributed by atoms with Crippen LogP contribution in [0.2, 0.25) is 0 Å². The molecule has 1 aromatic carbocycles. The van der Waals surface area contributed by atoms with Gasteiger partial charge in [-0.15, -0.1) is 0 Å². The van der Waals surface area contributed by atoms with Crippen LogP contribution >= 0.6 is 0 Å². The molecule has 0 saturated heterocycles. The first-order valence-electron chi connectivity index (χ1n) is 9.29. The SMILES string of the molecule is CNC(C)Cc1noc(-c2ccccc2OCc2cn3cccc(C)c3n2)n1. The van der Waals surface area contributed by atoms with Gasteiger partial charge in [0.05, 0.1) is 11.3 Å². The highest BCUT2D eigenvalue weighted by Crippen LogP contribution is 2.29. The number of fused-ring (bicyclic) bond motifs is 1. The molecule has 4 aromatic rings. The minimum Gasteiger partial charge on any atom is -0.486 e. The number of aromatic nitrogens is 4. The van der Waals surface area contributed by atoms with Crippen molar-refractivity contribution in [1.29, 1.82) is 0 Å². The van der Waals surface area contributed by atoms with Gasteiger partial charge in [0.1, 0.15) is 18.0 Å². The zero-order valence-electron chi connectivity index (χ0n) is 16.2. The molecule has 0 radical (unpaired) electrons. The lowest BCUT2D eigenvalue weighted by Gasteiger charge is -2.07. The van der Waals surface area contributed by atoms with E-state index in [1.165, 1.54) is 0 Å². The second-order valence-electron chi connectivity index (χ2n) is 6.85. The van der Waals surface area contributed by atoms with Crippen LogP contribution in [0.3, 0.4) is 0 Å². The monoisotopic (exact) mass is 377 g/mol. The summed E-state index contributed by atoms with van der Waals surface area (Å²) in [7, 11) is 1.91. The Hall–Kier alpha value is -3.19. The number of para-hydroxylation sites is 1. The molecule has 0 amide bonds. The molecule has 1 unspecified atom stereocenters. The molecular weight excluding hydrogens is 354 g/mol. The topological polar surface area (TPSA) is 77.5 Å². The van der Waals surface area contributed by atoms with E-state index in [0.29, 0.717) is 30.5 Å². The fourth-order valence-electron chi connectivity index (χ4n) is 3.02. The van der Waals surface area contributed by atoms with Crippen molar-refractivity contribution in [1.82, 2.24) is 24.8 Å². The molecule has 7 heteroatoms. The fraction of sp³-hybridized carbons (Fsp3) is 0.286. The number of imidazole rings is 1. The van der Waals surface area contributed by atoms with Gasteiger partial charge in [0, 0.05) is 24.9 Å². The maximum Gasteiger partial charge on any atom is 0.261 e. The smallest absolute Gasteiger partial charge is 0.261 e. The summed E-state index contributed by atoms with van der Waals surface area (Å²) in [6.45, 7) is 4.48. The first-order chi connectivity index (χ1) is 13.6. The maximum atomic E-state index is 6.04. The Morgan fingerprint density at radius 3 is 2.86 bits per heavy atom. The molecule has 0 saturated carbocycles. The van der Waals surface area contributed by atoms with Crippen molar-refractivity contribution >= 4 is 5.65 Å². The van der Waals surface area contributed by atoms with Crippen molar-refractivity contribution in [2.75, 3.05) is 7.05 Å². The number of rotatable bonds is 7. The molecule has 7 nitrogen and oxygen atoms in total. The normalized spacial score (nSPS) is 12.4. The summed E-state index contributed by atoms with van der Waals surface area (Å²) in [6.07, 6.45) is 4.66. The third-order valence-corrected chi connectivity index (χ3v) is 4.67. The lowest BCUT2D eigenvalue weighted by molar-refractivity contribution is 0.301. The molecule has 0 aliphatic carbocycles. The van der Waals surface area contributed by atoms with Gasteiger partial charge in [-0.25, -0.2) is 4.98 Å². The summed E-state index contributed by atoms with van der Waals surface area (Å²) in [6, 6.07) is 12.0. The second-order valence-corrected chi connectivity index (χ2v) is 6.85. The molecule has 3 aromatic heterocycles. The van der Waals surface area contributed by atoms with Crippen LogP contribution < -0.4 is 10.1 Å². The van der Waals surface area contributed by atoms with E-state index in [0.717, 1.165) is 22.5 Å². The molecule has 0 aliphatic heterocycles. The number of nitrogens with one attached hydrogen (secondary N) is 1. The average Bonchev–Trinajstić information content (AvgIpc) is 3.34. The van der Waals surface area contributed by atoms with E-state index in [2.05, 4.69) is 27.4 Å². The zero-order valence-corrected chi connectivity index (χ0v) is 16.2. The summed E-state index contributed by atoms with van der Waals surface area (Å²) < 4.78 is 13.5. The van der Waals surface area contributed by atoms with Crippen molar-refractivity contribution in [3.8, 4) is 17.2 Å². The predicted octanol–water partition coefficient (Wildman–Crippen LogP) is 3.42. The number of pyridine rings is 1. The van der Waals surface area contributed by atoms with Crippen molar-refractivity contribution in [2.45, 2.75) is 32.9 Å². The van der Waals surface area contributed by atoms with Crippen LogP contribution in [-0.2, 0) is 13.0 Å². The van der Waals surface area contributed by atoms with Crippen molar-refractivity contribution < 1.29 is 9.26 Å². The lowest BCUT2D eigenvalue weighted by Crippen LogP contribution is -2.24. The van der Waals surface area contributed by atoms with Gasteiger partial charge in [-0.3, -0.25) is 0 Å².